The third-order valence-electron chi connectivity index (χ3n) is 1.32. The predicted octanol–water partition coefficient (Wildman–Crippen LogP) is 2.27. The van der Waals surface area contributed by atoms with Crippen molar-refractivity contribution in [2.45, 2.75) is 11.1 Å². The first-order valence-corrected chi connectivity index (χ1v) is 5.49. The molecule has 1 aromatic rings. The maximum Gasteiger partial charge on any atom is 0.116 e. The standard InChI is InChI=1S/C8H9BrFNOS/c9-7-2-1-3-11-8(7)13-5-6(12)4-10/h1-3,6,12H,4-5H2. The number of alkyl halides is 1. The van der Waals surface area contributed by atoms with E-state index >= 15 is 0 Å². The summed E-state index contributed by atoms with van der Waals surface area (Å²) >= 11 is 4.64. The zero-order valence-electron chi connectivity index (χ0n) is 6.78. The first-order valence-electron chi connectivity index (χ1n) is 3.71. The summed E-state index contributed by atoms with van der Waals surface area (Å²) in [6.07, 6.45) is 0.758. The first kappa shape index (κ1) is 10.9. The highest BCUT2D eigenvalue weighted by Crippen LogP contribution is 2.24. The quantitative estimate of drug-likeness (QED) is 0.848. The van der Waals surface area contributed by atoms with Crippen molar-refractivity contribution in [1.29, 1.82) is 0 Å². The maximum absolute atomic E-state index is 11.9. The molecule has 0 saturated heterocycles. The molecule has 0 aliphatic carbocycles. The molecule has 1 unspecified atom stereocenters. The lowest BCUT2D eigenvalue weighted by Gasteiger charge is -2.05. The number of halogens is 2. The smallest absolute Gasteiger partial charge is 0.116 e. The SMILES string of the molecule is OC(CF)CSc1ncccc1Br. The summed E-state index contributed by atoms with van der Waals surface area (Å²) in [5, 5.41) is 9.74. The summed E-state index contributed by atoms with van der Waals surface area (Å²) < 4.78 is 12.8. The Balaban J connectivity index is 2.50. The second-order valence-corrected chi connectivity index (χ2v) is 4.27. The van der Waals surface area contributed by atoms with Gasteiger partial charge in [-0.1, -0.05) is 0 Å². The highest BCUT2D eigenvalue weighted by Gasteiger charge is 2.06. The molecule has 1 rings (SSSR count). The highest BCUT2D eigenvalue weighted by atomic mass is 79.9. The van der Waals surface area contributed by atoms with Gasteiger partial charge in [0.15, 0.2) is 0 Å². The summed E-state index contributed by atoms with van der Waals surface area (Å²) in [4.78, 5) is 4.07. The van der Waals surface area contributed by atoms with Crippen molar-refractivity contribution < 1.29 is 9.50 Å². The number of hydrogen-bond acceptors (Lipinski definition) is 3. The van der Waals surface area contributed by atoms with Crippen LogP contribution in [0.15, 0.2) is 27.8 Å². The van der Waals surface area contributed by atoms with Crippen molar-refractivity contribution >= 4 is 27.7 Å². The van der Waals surface area contributed by atoms with Gasteiger partial charge in [-0.2, -0.15) is 0 Å². The zero-order chi connectivity index (χ0) is 9.68. The van der Waals surface area contributed by atoms with Gasteiger partial charge in [0.25, 0.3) is 0 Å². The molecule has 0 saturated carbocycles. The van der Waals surface area contributed by atoms with Crippen LogP contribution in [-0.2, 0) is 0 Å². The topological polar surface area (TPSA) is 33.1 Å². The fourth-order valence-corrected chi connectivity index (χ4v) is 2.08. The van der Waals surface area contributed by atoms with E-state index in [1.165, 1.54) is 11.8 Å². The summed E-state index contributed by atoms with van der Waals surface area (Å²) in [6, 6.07) is 3.66. The van der Waals surface area contributed by atoms with Crippen LogP contribution in [0.5, 0.6) is 0 Å². The van der Waals surface area contributed by atoms with E-state index in [9.17, 15) is 4.39 Å². The van der Waals surface area contributed by atoms with Gasteiger partial charge in [0.2, 0.25) is 0 Å². The van der Waals surface area contributed by atoms with Gasteiger partial charge in [-0.05, 0) is 28.1 Å². The van der Waals surface area contributed by atoms with E-state index in [1.807, 2.05) is 6.07 Å². The van der Waals surface area contributed by atoms with Crippen LogP contribution < -0.4 is 0 Å². The molecule has 1 N–H and O–H groups in total. The normalized spacial score (nSPS) is 12.8. The molecule has 0 amide bonds. The average Bonchev–Trinajstić information content (AvgIpc) is 2.16. The Morgan fingerprint density at radius 1 is 1.69 bits per heavy atom. The Bertz CT molecular complexity index is 274. The minimum atomic E-state index is -0.904. The van der Waals surface area contributed by atoms with Crippen LogP contribution in [0.3, 0.4) is 0 Å². The summed E-state index contributed by atoms with van der Waals surface area (Å²) in [5.74, 6) is 0.326. The molecule has 2 nitrogen and oxygen atoms in total. The third kappa shape index (κ3) is 3.62. The Morgan fingerprint density at radius 2 is 2.46 bits per heavy atom. The van der Waals surface area contributed by atoms with Crippen molar-refractivity contribution in [2.24, 2.45) is 0 Å². The summed E-state index contributed by atoms with van der Waals surface area (Å²) in [5.41, 5.74) is 0. The maximum atomic E-state index is 11.9. The number of aromatic nitrogens is 1. The molecular weight excluding hydrogens is 257 g/mol. The Hall–Kier alpha value is -0.130. The molecule has 0 aromatic carbocycles. The van der Waals surface area contributed by atoms with E-state index in [0.29, 0.717) is 5.75 Å². The third-order valence-corrected chi connectivity index (χ3v) is 3.37. The Morgan fingerprint density at radius 3 is 3.08 bits per heavy atom. The van der Waals surface area contributed by atoms with Gasteiger partial charge in [0, 0.05) is 16.4 Å². The number of hydrogen-bond donors (Lipinski definition) is 1. The zero-order valence-corrected chi connectivity index (χ0v) is 9.18. The van der Waals surface area contributed by atoms with Crippen molar-refractivity contribution in [3.8, 4) is 0 Å². The van der Waals surface area contributed by atoms with Crippen LogP contribution in [0.4, 0.5) is 4.39 Å². The van der Waals surface area contributed by atoms with E-state index in [2.05, 4.69) is 20.9 Å². The molecule has 13 heavy (non-hydrogen) atoms. The number of thioether (sulfide) groups is 1. The fraction of sp³-hybridized carbons (Fsp3) is 0.375. The number of nitrogens with zero attached hydrogens (tertiary/aromatic N) is 1. The largest absolute Gasteiger partial charge is 0.390 e. The van der Waals surface area contributed by atoms with Gasteiger partial charge in [-0.15, -0.1) is 11.8 Å². The molecule has 1 atom stereocenters. The first-order chi connectivity index (χ1) is 6.24. The number of rotatable bonds is 4. The number of aliphatic hydroxyl groups excluding tert-OH is 1. The van der Waals surface area contributed by atoms with E-state index < -0.39 is 12.8 Å². The molecule has 72 valence electrons. The van der Waals surface area contributed by atoms with Crippen LogP contribution in [0, 0.1) is 0 Å². The molecule has 0 aliphatic heterocycles. The number of pyridine rings is 1. The molecule has 0 spiro atoms. The molecule has 5 heteroatoms. The predicted molar refractivity (Wildman–Crippen MR) is 54.6 cm³/mol. The van der Waals surface area contributed by atoms with E-state index in [1.54, 1.807) is 12.3 Å². The fourth-order valence-electron chi connectivity index (χ4n) is 0.697. The highest BCUT2D eigenvalue weighted by molar-refractivity contribution is 9.10. The second kappa shape index (κ2) is 5.57. The van der Waals surface area contributed by atoms with Crippen molar-refractivity contribution in [3.63, 3.8) is 0 Å². The van der Waals surface area contributed by atoms with Crippen molar-refractivity contribution in [1.82, 2.24) is 4.98 Å². The summed E-state index contributed by atoms with van der Waals surface area (Å²) in [6.45, 7) is -0.711. The lowest BCUT2D eigenvalue weighted by Crippen LogP contribution is -2.11. The van der Waals surface area contributed by atoms with Crippen molar-refractivity contribution in [2.75, 3.05) is 12.4 Å². The Labute approximate surface area is 88.7 Å². The van der Waals surface area contributed by atoms with Gasteiger partial charge >= 0.3 is 0 Å². The Kier molecular flexibility index (Phi) is 4.69. The monoisotopic (exact) mass is 265 g/mol. The van der Waals surface area contributed by atoms with E-state index in [4.69, 9.17) is 5.11 Å². The van der Waals surface area contributed by atoms with E-state index in [-0.39, 0.29) is 0 Å². The van der Waals surface area contributed by atoms with Crippen LogP contribution in [0.25, 0.3) is 0 Å². The van der Waals surface area contributed by atoms with E-state index in [0.717, 1.165) is 9.50 Å². The molecular formula is C8H9BrFNOS. The van der Waals surface area contributed by atoms with Gasteiger partial charge in [-0.3, -0.25) is 0 Å². The minimum absolute atomic E-state index is 0.326. The molecule has 0 radical (unpaired) electrons. The lowest BCUT2D eigenvalue weighted by molar-refractivity contribution is 0.162. The molecule has 0 aliphatic rings. The average molecular weight is 266 g/mol. The number of aliphatic hydroxyl groups is 1. The van der Waals surface area contributed by atoms with Gasteiger partial charge < -0.3 is 5.11 Å². The van der Waals surface area contributed by atoms with Crippen LogP contribution in [0.1, 0.15) is 0 Å². The van der Waals surface area contributed by atoms with Gasteiger partial charge in [0.1, 0.15) is 11.7 Å². The molecule has 0 bridgehead atoms. The second-order valence-electron chi connectivity index (χ2n) is 2.41. The molecule has 1 aromatic heterocycles. The van der Waals surface area contributed by atoms with Crippen LogP contribution in [0.2, 0.25) is 0 Å². The lowest BCUT2D eigenvalue weighted by atomic mass is 10.5. The molecule has 0 fully saturated rings. The molecule has 1 heterocycles. The van der Waals surface area contributed by atoms with Crippen LogP contribution >= 0.6 is 27.7 Å². The van der Waals surface area contributed by atoms with Crippen molar-refractivity contribution in [3.05, 3.63) is 22.8 Å². The minimum Gasteiger partial charge on any atom is -0.390 e. The van der Waals surface area contributed by atoms with Gasteiger partial charge in [0.05, 0.1) is 6.10 Å². The van der Waals surface area contributed by atoms with Crippen LogP contribution in [-0.4, -0.2) is 28.6 Å². The van der Waals surface area contributed by atoms with Gasteiger partial charge in [-0.25, -0.2) is 9.37 Å². The summed E-state index contributed by atoms with van der Waals surface area (Å²) in [7, 11) is 0.